The Hall–Kier alpha value is -2.84. The number of hydrogen-bond donors (Lipinski definition) is 2. The average Bonchev–Trinajstić information content (AvgIpc) is 3.19. The van der Waals surface area contributed by atoms with Crippen molar-refractivity contribution in [1.82, 2.24) is 9.88 Å². The minimum absolute atomic E-state index is 0.0141. The number of nitrogens with two attached hydrogens (primary N) is 1. The van der Waals surface area contributed by atoms with Crippen LogP contribution in [-0.2, 0) is 4.74 Å². The summed E-state index contributed by atoms with van der Waals surface area (Å²) in [7, 11) is 0. The Kier molecular flexibility index (Phi) is 6.50. The number of carbonyl (C=O) groups is 2. The fraction of sp³-hybridized carbons (Fsp3) is 0.375. The van der Waals surface area contributed by atoms with Crippen LogP contribution < -0.4 is 11.1 Å². The first-order valence-electron chi connectivity index (χ1n) is 10.8. The number of carbonyl (C=O) groups excluding carboxylic acids is 2. The maximum Gasteiger partial charge on any atom is 0.410 e. The number of rotatable bonds is 4. The number of fused-ring (bicyclic) bond motifs is 1. The second kappa shape index (κ2) is 9.19. The quantitative estimate of drug-likeness (QED) is 0.505. The highest BCUT2D eigenvalue weighted by molar-refractivity contribution is 7.22. The molecule has 0 spiro atoms. The van der Waals surface area contributed by atoms with E-state index in [-0.39, 0.29) is 12.1 Å². The Morgan fingerprint density at radius 3 is 2.67 bits per heavy atom. The van der Waals surface area contributed by atoms with Crippen molar-refractivity contribution >= 4 is 50.8 Å². The number of primary amides is 1. The molecule has 0 bridgehead atoms. The predicted molar refractivity (Wildman–Crippen MR) is 133 cm³/mol. The van der Waals surface area contributed by atoms with E-state index >= 15 is 0 Å². The van der Waals surface area contributed by atoms with E-state index in [1.54, 1.807) is 4.90 Å². The van der Waals surface area contributed by atoms with Gasteiger partial charge in [-0.1, -0.05) is 23.7 Å². The van der Waals surface area contributed by atoms with Crippen LogP contribution in [-0.4, -0.2) is 46.6 Å². The third kappa shape index (κ3) is 5.39. The van der Waals surface area contributed by atoms with Crippen LogP contribution in [0.3, 0.4) is 0 Å². The smallest absolute Gasteiger partial charge is 0.410 e. The van der Waals surface area contributed by atoms with Crippen molar-refractivity contribution in [2.75, 3.05) is 18.4 Å². The lowest BCUT2D eigenvalue weighted by atomic mass is 10.1. The van der Waals surface area contributed by atoms with E-state index < -0.39 is 11.5 Å². The maximum atomic E-state index is 12.5. The van der Waals surface area contributed by atoms with E-state index in [4.69, 9.17) is 22.1 Å². The molecule has 2 aromatic heterocycles. The third-order valence-corrected chi connectivity index (χ3v) is 6.83. The van der Waals surface area contributed by atoms with Gasteiger partial charge in [-0.2, -0.15) is 0 Å². The number of nitrogens with zero attached hydrogens (tertiary/aromatic N) is 2. The summed E-state index contributed by atoms with van der Waals surface area (Å²) in [6.45, 7) is 6.76. The lowest BCUT2D eigenvalue weighted by Gasteiger charge is -2.34. The highest BCUT2D eigenvalue weighted by Crippen LogP contribution is 2.39. The van der Waals surface area contributed by atoms with Crippen molar-refractivity contribution < 1.29 is 14.3 Å². The van der Waals surface area contributed by atoms with Gasteiger partial charge in [0, 0.05) is 40.6 Å². The number of amides is 2. The van der Waals surface area contributed by atoms with Crippen LogP contribution in [0.25, 0.3) is 20.5 Å². The van der Waals surface area contributed by atoms with Crippen LogP contribution in [0.5, 0.6) is 0 Å². The number of piperidine rings is 1. The third-order valence-electron chi connectivity index (χ3n) is 5.36. The van der Waals surface area contributed by atoms with Crippen LogP contribution in [0.2, 0.25) is 5.02 Å². The minimum Gasteiger partial charge on any atom is -0.444 e. The van der Waals surface area contributed by atoms with Gasteiger partial charge in [-0.15, -0.1) is 11.3 Å². The zero-order chi connectivity index (χ0) is 23.8. The largest absolute Gasteiger partial charge is 0.444 e. The molecule has 0 aliphatic carbocycles. The number of benzene rings is 1. The second-order valence-corrected chi connectivity index (χ2v) is 10.6. The molecule has 33 heavy (non-hydrogen) atoms. The van der Waals surface area contributed by atoms with Gasteiger partial charge < -0.3 is 20.7 Å². The van der Waals surface area contributed by atoms with Gasteiger partial charge in [0.2, 0.25) is 0 Å². The minimum atomic E-state index is -0.537. The maximum absolute atomic E-state index is 12.5. The van der Waals surface area contributed by atoms with Crippen molar-refractivity contribution in [3.63, 3.8) is 0 Å². The number of halogens is 1. The number of hydrogen-bond acceptors (Lipinski definition) is 6. The van der Waals surface area contributed by atoms with Gasteiger partial charge in [0.05, 0.1) is 10.3 Å². The van der Waals surface area contributed by atoms with Gasteiger partial charge >= 0.3 is 6.09 Å². The molecule has 174 valence electrons. The average molecular weight is 487 g/mol. The molecular weight excluding hydrogens is 460 g/mol. The first-order valence-corrected chi connectivity index (χ1v) is 12.0. The van der Waals surface area contributed by atoms with Crippen molar-refractivity contribution in [3.05, 3.63) is 47.1 Å². The van der Waals surface area contributed by atoms with Crippen molar-refractivity contribution in [3.8, 4) is 10.4 Å². The molecule has 2 amide bonds. The van der Waals surface area contributed by atoms with Crippen LogP contribution in [0.1, 0.15) is 44.0 Å². The van der Waals surface area contributed by atoms with Crippen LogP contribution in [0.4, 0.5) is 10.6 Å². The predicted octanol–water partition coefficient (Wildman–Crippen LogP) is 5.53. The van der Waals surface area contributed by atoms with E-state index in [1.165, 1.54) is 17.5 Å². The van der Waals surface area contributed by atoms with E-state index in [2.05, 4.69) is 10.3 Å². The monoisotopic (exact) mass is 486 g/mol. The zero-order valence-electron chi connectivity index (χ0n) is 18.9. The first kappa shape index (κ1) is 23.3. The van der Waals surface area contributed by atoms with Crippen LogP contribution in [0.15, 0.2) is 36.5 Å². The van der Waals surface area contributed by atoms with E-state index in [0.717, 1.165) is 33.4 Å². The summed E-state index contributed by atoms with van der Waals surface area (Å²) in [5.74, 6) is 0.153. The number of likely N-dealkylation sites (tertiary alicyclic amines) is 1. The Balaban J connectivity index is 1.62. The highest BCUT2D eigenvalue weighted by Gasteiger charge is 2.28. The molecule has 1 atom stereocenters. The van der Waals surface area contributed by atoms with Gasteiger partial charge in [0.15, 0.2) is 0 Å². The molecule has 0 unspecified atom stereocenters. The number of pyridine rings is 1. The van der Waals surface area contributed by atoms with E-state index in [0.29, 0.717) is 29.5 Å². The summed E-state index contributed by atoms with van der Waals surface area (Å²) >= 11 is 7.52. The van der Waals surface area contributed by atoms with Gasteiger partial charge in [0.1, 0.15) is 11.4 Å². The molecule has 3 N–H and O–H groups in total. The van der Waals surface area contributed by atoms with Gasteiger partial charge in [-0.05, 0) is 57.4 Å². The van der Waals surface area contributed by atoms with Crippen LogP contribution >= 0.6 is 22.9 Å². The highest BCUT2D eigenvalue weighted by atomic mass is 35.5. The molecule has 0 saturated carbocycles. The SMILES string of the molecule is CC(C)(C)OC(=O)N1CCC[C@H](Nc2ncc(C(N)=O)c3sc(-c4ccc(Cl)cc4)cc23)C1. The van der Waals surface area contributed by atoms with Gasteiger partial charge in [-0.3, -0.25) is 4.79 Å². The lowest BCUT2D eigenvalue weighted by molar-refractivity contribution is 0.0206. The summed E-state index contributed by atoms with van der Waals surface area (Å²) in [5.41, 5.74) is 6.46. The molecule has 9 heteroatoms. The summed E-state index contributed by atoms with van der Waals surface area (Å²) in [6, 6.07) is 9.58. The molecule has 0 radical (unpaired) electrons. The van der Waals surface area contributed by atoms with Crippen molar-refractivity contribution in [1.29, 1.82) is 0 Å². The molecule has 3 heterocycles. The van der Waals surface area contributed by atoms with Crippen LogP contribution in [0, 0.1) is 0 Å². The molecule has 3 aromatic rings. The summed E-state index contributed by atoms with van der Waals surface area (Å²) in [5, 5.41) is 4.97. The molecule has 1 saturated heterocycles. The van der Waals surface area contributed by atoms with Crippen molar-refractivity contribution in [2.45, 2.75) is 45.3 Å². The standard InChI is InChI=1S/C24H27ClN4O3S/c1-24(2,3)32-23(31)29-10-4-5-16(13-29)28-22-17-11-19(14-6-8-15(25)9-7-14)33-20(17)18(12-27-22)21(26)30/h6-9,11-12,16H,4-5,10,13H2,1-3H3,(H2,26,30)(H,27,28)/t16-/m0/s1. The Labute approximate surface area is 201 Å². The van der Waals surface area contributed by atoms with E-state index in [9.17, 15) is 9.59 Å². The Bertz CT molecular complexity index is 1190. The van der Waals surface area contributed by atoms with E-state index in [1.807, 2.05) is 51.1 Å². The number of ether oxygens (including phenoxy) is 1. The van der Waals surface area contributed by atoms with Crippen molar-refractivity contribution in [2.24, 2.45) is 5.73 Å². The fourth-order valence-corrected chi connectivity index (χ4v) is 5.16. The topological polar surface area (TPSA) is 97.6 Å². The Morgan fingerprint density at radius 1 is 1.27 bits per heavy atom. The summed E-state index contributed by atoms with van der Waals surface area (Å²) < 4.78 is 6.32. The molecular formula is C24H27ClN4O3S. The zero-order valence-corrected chi connectivity index (χ0v) is 20.4. The number of nitrogens with one attached hydrogen (secondary N) is 1. The number of aromatic nitrogens is 1. The molecule has 1 aliphatic rings. The first-order chi connectivity index (χ1) is 15.6. The molecule has 1 aromatic carbocycles. The summed E-state index contributed by atoms with van der Waals surface area (Å²) in [6.07, 6.45) is 2.97. The molecule has 1 fully saturated rings. The molecule has 4 rings (SSSR count). The lowest BCUT2D eigenvalue weighted by Crippen LogP contribution is -2.47. The normalized spacial score (nSPS) is 16.6. The van der Waals surface area contributed by atoms with Gasteiger partial charge in [0.25, 0.3) is 5.91 Å². The molecule has 7 nitrogen and oxygen atoms in total. The Morgan fingerprint density at radius 2 is 2.00 bits per heavy atom. The molecule has 1 aliphatic heterocycles. The fourth-order valence-electron chi connectivity index (χ4n) is 3.85. The number of anilines is 1. The number of thiophene rings is 1. The van der Waals surface area contributed by atoms with Gasteiger partial charge in [-0.25, -0.2) is 9.78 Å². The second-order valence-electron chi connectivity index (χ2n) is 9.15. The summed E-state index contributed by atoms with van der Waals surface area (Å²) in [4.78, 5) is 31.8.